The third kappa shape index (κ3) is 1.97. The number of aromatic nitrogens is 1. The monoisotopic (exact) mass is 259 g/mol. The minimum atomic E-state index is -0.558. The van der Waals surface area contributed by atoms with Crippen LogP contribution in [0.2, 0.25) is 0 Å². The van der Waals surface area contributed by atoms with E-state index in [0.29, 0.717) is 30.4 Å². The summed E-state index contributed by atoms with van der Waals surface area (Å²) in [5, 5.41) is 0. The van der Waals surface area contributed by atoms with Crippen molar-refractivity contribution in [2.75, 3.05) is 18.9 Å². The van der Waals surface area contributed by atoms with E-state index in [4.69, 9.17) is 20.9 Å². The number of benzene rings is 1. The molecule has 3 rings (SSSR count). The highest BCUT2D eigenvalue weighted by Gasteiger charge is 2.15. The molecule has 0 spiro atoms. The third-order valence-electron chi connectivity index (χ3n) is 2.97. The van der Waals surface area contributed by atoms with Gasteiger partial charge in [-0.15, -0.1) is 0 Å². The van der Waals surface area contributed by atoms with E-state index >= 15 is 0 Å². The van der Waals surface area contributed by atoms with Crippen LogP contribution in [0.3, 0.4) is 0 Å². The molecule has 6 heteroatoms. The molecule has 6 nitrogen and oxygen atoms in total. The number of hydrogen-bond acceptors (Lipinski definition) is 4. The number of fused-ring (bicyclic) bond motifs is 1. The normalized spacial score (nSPS) is 13.3. The Morgan fingerprint density at radius 1 is 1.16 bits per heavy atom. The van der Waals surface area contributed by atoms with E-state index in [9.17, 15) is 4.79 Å². The van der Waals surface area contributed by atoms with Gasteiger partial charge in [-0.3, -0.25) is 4.79 Å². The Labute approximate surface area is 109 Å². The largest absolute Gasteiger partial charge is 0.486 e. The molecule has 2 heterocycles. The summed E-state index contributed by atoms with van der Waals surface area (Å²) in [6.45, 7) is 1.07. The van der Waals surface area contributed by atoms with E-state index in [1.807, 2.05) is 18.2 Å². The van der Waals surface area contributed by atoms with Gasteiger partial charge in [0.05, 0.1) is 5.56 Å². The molecular weight excluding hydrogens is 246 g/mol. The van der Waals surface area contributed by atoms with Crippen molar-refractivity contribution in [3.05, 3.63) is 29.8 Å². The standard InChI is InChI=1S/C13H13N3O3/c14-12-8(13(15)17)6-9(16-12)7-1-2-10-11(5-7)19-4-3-18-10/h1-2,5-6,16H,3-4,14H2,(H2,15,17). The fourth-order valence-corrected chi connectivity index (χ4v) is 2.04. The lowest BCUT2D eigenvalue weighted by Crippen LogP contribution is -2.15. The molecule has 19 heavy (non-hydrogen) atoms. The molecule has 2 aromatic rings. The van der Waals surface area contributed by atoms with Crippen LogP contribution in [0.5, 0.6) is 11.5 Å². The Morgan fingerprint density at radius 3 is 2.58 bits per heavy atom. The van der Waals surface area contributed by atoms with Gasteiger partial charge in [0.2, 0.25) is 0 Å². The van der Waals surface area contributed by atoms with Crippen molar-refractivity contribution in [3.8, 4) is 22.8 Å². The van der Waals surface area contributed by atoms with Crippen molar-refractivity contribution in [1.29, 1.82) is 0 Å². The SMILES string of the molecule is NC(=O)c1cc(-c2ccc3c(c2)OCCO3)[nH]c1N. The number of aromatic amines is 1. The number of nitrogens with two attached hydrogens (primary N) is 2. The fraction of sp³-hybridized carbons (Fsp3) is 0.154. The summed E-state index contributed by atoms with van der Waals surface area (Å²) in [4.78, 5) is 14.1. The van der Waals surface area contributed by atoms with Gasteiger partial charge < -0.3 is 25.9 Å². The zero-order valence-electron chi connectivity index (χ0n) is 10.1. The number of amides is 1. The molecule has 0 atom stereocenters. The Hall–Kier alpha value is -2.63. The number of nitrogen functional groups attached to an aromatic ring is 1. The van der Waals surface area contributed by atoms with Crippen LogP contribution in [0.15, 0.2) is 24.3 Å². The smallest absolute Gasteiger partial charge is 0.252 e. The van der Waals surface area contributed by atoms with E-state index in [2.05, 4.69) is 4.98 Å². The first-order chi connectivity index (χ1) is 9.15. The average Bonchev–Trinajstić information content (AvgIpc) is 2.80. The highest BCUT2D eigenvalue weighted by Crippen LogP contribution is 2.34. The first kappa shape index (κ1) is 11.5. The molecule has 0 saturated heterocycles. The molecule has 0 aliphatic carbocycles. The first-order valence-electron chi connectivity index (χ1n) is 5.83. The number of H-pyrrole nitrogens is 1. The van der Waals surface area contributed by atoms with Crippen LogP contribution in [-0.2, 0) is 0 Å². The Bertz CT molecular complexity index is 649. The lowest BCUT2D eigenvalue weighted by atomic mass is 10.1. The Kier molecular flexibility index (Phi) is 2.56. The second-order valence-corrected chi connectivity index (χ2v) is 4.23. The molecule has 0 saturated carbocycles. The highest BCUT2D eigenvalue weighted by molar-refractivity contribution is 5.99. The first-order valence-corrected chi connectivity index (χ1v) is 5.83. The lowest BCUT2D eigenvalue weighted by molar-refractivity contribution is 0.100. The van der Waals surface area contributed by atoms with E-state index in [0.717, 1.165) is 5.56 Å². The van der Waals surface area contributed by atoms with Crippen molar-refractivity contribution in [1.82, 2.24) is 4.98 Å². The Balaban J connectivity index is 2.02. The van der Waals surface area contributed by atoms with Gasteiger partial charge in [0, 0.05) is 11.3 Å². The van der Waals surface area contributed by atoms with Crippen LogP contribution in [-0.4, -0.2) is 24.1 Å². The summed E-state index contributed by atoms with van der Waals surface area (Å²) in [5.74, 6) is 1.09. The van der Waals surface area contributed by atoms with Gasteiger partial charge in [0.15, 0.2) is 11.5 Å². The van der Waals surface area contributed by atoms with Crippen LogP contribution in [0, 0.1) is 0 Å². The molecule has 1 aliphatic rings. The number of carbonyl (C=O) groups is 1. The maximum absolute atomic E-state index is 11.2. The molecule has 1 aliphatic heterocycles. The fourth-order valence-electron chi connectivity index (χ4n) is 2.04. The van der Waals surface area contributed by atoms with Crippen molar-refractivity contribution in [2.45, 2.75) is 0 Å². The number of primary amides is 1. The quantitative estimate of drug-likeness (QED) is 0.752. The predicted molar refractivity (Wildman–Crippen MR) is 70.1 cm³/mol. The number of nitrogens with one attached hydrogen (secondary N) is 1. The van der Waals surface area contributed by atoms with Crippen LogP contribution in [0.4, 0.5) is 5.82 Å². The number of rotatable bonds is 2. The van der Waals surface area contributed by atoms with E-state index in [-0.39, 0.29) is 11.4 Å². The van der Waals surface area contributed by atoms with E-state index in [1.165, 1.54) is 0 Å². The zero-order valence-corrected chi connectivity index (χ0v) is 10.1. The summed E-state index contributed by atoms with van der Waals surface area (Å²) in [5.41, 5.74) is 12.8. The summed E-state index contributed by atoms with van der Waals surface area (Å²) in [6, 6.07) is 7.15. The number of anilines is 1. The summed E-state index contributed by atoms with van der Waals surface area (Å²) < 4.78 is 11.0. The summed E-state index contributed by atoms with van der Waals surface area (Å²) in [7, 11) is 0. The van der Waals surface area contributed by atoms with Crippen LogP contribution in [0.25, 0.3) is 11.3 Å². The molecule has 98 valence electrons. The number of hydrogen-bond donors (Lipinski definition) is 3. The van der Waals surface area contributed by atoms with Gasteiger partial charge in [-0.2, -0.15) is 0 Å². The second-order valence-electron chi connectivity index (χ2n) is 4.23. The van der Waals surface area contributed by atoms with Gasteiger partial charge in [-0.05, 0) is 24.3 Å². The molecule has 1 amide bonds. The summed E-state index contributed by atoms with van der Waals surface area (Å²) in [6.07, 6.45) is 0. The van der Waals surface area contributed by atoms with Gasteiger partial charge in [0.1, 0.15) is 19.0 Å². The van der Waals surface area contributed by atoms with Crippen LogP contribution >= 0.6 is 0 Å². The van der Waals surface area contributed by atoms with Crippen LogP contribution in [0.1, 0.15) is 10.4 Å². The highest BCUT2D eigenvalue weighted by atomic mass is 16.6. The molecule has 0 unspecified atom stereocenters. The van der Waals surface area contributed by atoms with E-state index < -0.39 is 5.91 Å². The Morgan fingerprint density at radius 2 is 1.89 bits per heavy atom. The minimum Gasteiger partial charge on any atom is -0.486 e. The van der Waals surface area contributed by atoms with Crippen molar-refractivity contribution in [2.24, 2.45) is 5.73 Å². The third-order valence-corrected chi connectivity index (χ3v) is 2.97. The van der Waals surface area contributed by atoms with Crippen molar-refractivity contribution >= 4 is 11.7 Å². The van der Waals surface area contributed by atoms with Gasteiger partial charge in [0.25, 0.3) is 5.91 Å². The lowest BCUT2D eigenvalue weighted by Gasteiger charge is -2.18. The molecule has 0 radical (unpaired) electrons. The zero-order chi connectivity index (χ0) is 13.4. The van der Waals surface area contributed by atoms with Crippen molar-refractivity contribution < 1.29 is 14.3 Å². The molecular formula is C13H13N3O3. The number of ether oxygens (including phenoxy) is 2. The van der Waals surface area contributed by atoms with Crippen molar-refractivity contribution in [3.63, 3.8) is 0 Å². The van der Waals surface area contributed by atoms with Gasteiger partial charge in [-0.1, -0.05) is 0 Å². The second kappa shape index (κ2) is 4.24. The summed E-state index contributed by atoms with van der Waals surface area (Å²) >= 11 is 0. The molecule has 1 aromatic heterocycles. The predicted octanol–water partition coefficient (Wildman–Crippen LogP) is 1.13. The minimum absolute atomic E-state index is 0.261. The average molecular weight is 259 g/mol. The van der Waals surface area contributed by atoms with Gasteiger partial charge in [-0.25, -0.2) is 0 Å². The molecule has 5 N–H and O–H groups in total. The molecule has 1 aromatic carbocycles. The van der Waals surface area contributed by atoms with E-state index in [1.54, 1.807) is 6.07 Å². The molecule has 0 fully saturated rings. The maximum Gasteiger partial charge on any atom is 0.252 e. The van der Waals surface area contributed by atoms with Crippen LogP contribution < -0.4 is 20.9 Å². The van der Waals surface area contributed by atoms with Gasteiger partial charge >= 0.3 is 0 Å². The number of carbonyl (C=O) groups excluding carboxylic acids is 1. The molecule has 0 bridgehead atoms. The maximum atomic E-state index is 11.2. The topological polar surface area (TPSA) is 103 Å².